The molecule has 1 heterocycles. The predicted octanol–water partition coefficient (Wildman–Crippen LogP) is 3.79. The van der Waals surface area contributed by atoms with E-state index in [4.69, 9.17) is 23.2 Å². The van der Waals surface area contributed by atoms with Crippen molar-refractivity contribution in [2.24, 2.45) is 11.8 Å². The maximum absolute atomic E-state index is 12.1. The maximum atomic E-state index is 12.1. The fourth-order valence-electron chi connectivity index (χ4n) is 2.71. The van der Waals surface area contributed by atoms with Crippen LogP contribution in [0.1, 0.15) is 38.2 Å². The van der Waals surface area contributed by atoms with Gasteiger partial charge in [0.15, 0.2) is 0 Å². The van der Waals surface area contributed by atoms with E-state index in [0.29, 0.717) is 22.4 Å². The number of hydrogen-bond donors (Lipinski definition) is 1. The third-order valence-corrected chi connectivity index (χ3v) is 4.15. The molecule has 1 N–H and O–H groups in total. The van der Waals surface area contributed by atoms with Crippen molar-refractivity contribution in [3.63, 3.8) is 0 Å². The van der Waals surface area contributed by atoms with Crippen molar-refractivity contribution in [3.05, 3.63) is 33.8 Å². The van der Waals surface area contributed by atoms with Crippen LogP contribution in [0.4, 0.5) is 0 Å². The van der Waals surface area contributed by atoms with Crippen molar-refractivity contribution in [1.29, 1.82) is 0 Å². The average molecular weight is 314 g/mol. The van der Waals surface area contributed by atoms with Crippen molar-refractivity contribution in [2.75, 3.05) is 0 Å². The number of carbonyl (C=O) groups excluding carboxylic acids is 2. The zero-order chi connectivity index (χ0) is 14.9. The van der Waals surface area contributed by atoms with Gasteiger partial charge in [-0.3, -0.25) is 14.9 Å². The van der Waals surface area contributed by atoms with Crippen LogP contribution in [-0.2, 0) is 9.59 Å². The van der Waals surface area contributed by atoms with Crippen LogP contribution in [0.15, 0.2) is 18.2 Å². The number of carbonyl (C=O) groups is 2. The van der Waals surface area contributed by atoms with Crippen molar-refractivity contribution in [2.45, 2.75) is 32.6 Å². The molecule has 1 aliphatic heterocycles. The summed E-state index contributed by atoms with van der Waals surface area (Å²) in [5, 5.41) is 3.53. The molecule has 0 saturated carbocycles. The fraction of sp³-hybridized carbons (Fsp3) is 0.467. The largest absolute Gasteiger partial charge is 0.296 e. The molecule has 3 nitrogen and oxygen atoms in total. The minimum Gasteiger partial charge on any atom is -0.296 e. The number of imide groups is 1. The number of halogens is 2. The molecule has 2 atom stereocenters. The van der Waals surface area contributed by atoms with Gasteiger partial charge in [0.1, 0.15) is 0 Å². The highest BCUT2D eigenvalue weighted by atomic mass is 35.5. The molecule has 2 amide bonds. The van der Waals surface area contributed by atoms with Crippen molar-refractivity contribution in [3.8, 4) is 0 Å². The zero-order valence-electron chi connectivity index (χ0n) is 11.5. The molecule has 1 aromatic carbocycles. The van der Waals surface area contributed by atoms with Crippen LogP contribution in [0.3, 0.4) is 0 Å². The number of nitrogens with one attached hydrogen (secondary N) is 1. The van der Waals surface area contributed by atoms with E-state index in [9.17, 15) is 9.59 Å². The highest BCUT2D eigenvalue weighted by molar-refractivity contribution is 6.33. The Bertz CT molecular complexity index is 543. The second-order valence-electron chi connectivity index (χ2n) is 5.62. The molecule has 5 heteroatoms. The van der Waals surface area contributed by atoms with Crippen LogP contribution >= 0.6 is 23.2 Å². The highest BCUT2D eigenvalue weighted by Gasteiger charge is 2.37. The van der Waals surface area contributed by atoms with Gasteiger partial charge >= 0.3 is 0 Å². The molecule has 1 aromatic rings. The van der Waals surface area contributed by atoms with E-state index in [-0.39, 0.29) is 30.1 Å². The summed E-state index contributed by atoms with van der Waals surface area (Å²) in [7, 11) is 0. The lowest BCUT2D eigenvalue weighted by molar-refractivity contribution is -0.137. The van der Waals surface area contributed by atoms with E-state index >= 15 is 0 Å². The van der Waals surface area contributed by atoms with E-state index in [1.165, 1.54) is 0 Å². The van der Waals surface area contributed by atoms with Gasteiger partial charge in [-0.25, -0.2) is 0 Å². The molecule has 0 spiro atoms. The number of hydrogen-bond acceptors (Lipinski definition) is 2. The van der Waals surface area contributed by atoms with Gasteiger partial charge in [-0.15, -0.1) is 0 Å². The Morgan fingerprint density at radius 3 is 2.65 bits per heavy atom. The third kappa shape index (κ3) is 3.33. The molecule has 1 aliphatic rings. The first-order chi connectivity index (χ1) is 9.38. The van der Waals surface area contributed by atoms with Gasteiger partial charge in [0.2, 0.25) is 11.8 Å². The Kier molecular flexibility index (Phi) is 4.71. The number of piperidine rings is 1. The van der Waals surface area contributed by atoms with Crippen molar-refractivity contribution >= 4 is 35.0 Å². The second kappa shape index (κ2) is 6.15. The van der Waals surface area contributed by atoms with E-state index in [1.807, 2.05) is 0 Å². The number of amides is 2. The summed E-state index contributed by atoms with van der Waals surface area (Å²) in [5.41, 5.74) is 0.785. The summed E-state index contributed by atoms with van der Waals surface area (Å²) < 4.78 is 0. The third-order valence-electron chi connectivity index (χ3n) is 3.57. The summed E-state index contributed by atoms with van der Waals surface area (Å²) in [4.78, 5) is 23.8. The average Bonchev–Trinajstić information content (AvgIpc) is 2.35. The van der Waals surface area contributed by atoms with Crippen LogP contribution in [0, 0.1) is 11.8 Å². The first kappa shape index (κ1) is 15.3. The Morgan fingerprint density at radius 2 is 2.00 bits per heavy atom. The molecule has 1 fully saturated rings. The molecular formula is C15H17Cl2NO2. The Hall–Kier alpha value is -1.06. The van der Waals surface area contributed by atoms with Gasteiger partial charge in [-0.1, -0.05) is 37.0 Å². The summed E-state index contributed by atoms with van der Waals surface area (Å²) in [6.45, 7) is 4.11. The molecule has 1 saturated heterocycles. The lowest BCUT2D eigenvalue weighted by Crippen LogP contribution is -2.45. The van der Waals surface area contributed by atoms with Gasteiger partial charge in [0.05, 0.1) is 0 Å². The Labute approximate surface area is 128 Å². The second-order valence-corrected chi connectivity index (χ2v) is 6.47. The van der Waals surface area contributed by atoms with E-state index in [2.05, 4.69) is 19.2 Å². The Balaban J connectivity index is 2.40. The van der Waals surface area contributed by atoms with Crippen molar-refractivity contribution < 1.29 is 9.59 Å². The SMILES string of the molecule is CC(C)CC1C(=O)NC(=O)CC1c1cc(Cl)ccc1Cl. The van der Waals surface area contributed by atoms with Crippen LogP contribution in [0.5, 0.6) is 0 Å². The molecule has 20 heavy (non-hydrogen) atoms. The van der Waals surface area contributed by atoms with Gasteiger partial charge < -0.3 is 0 Å². The molecule has 0 aromatic heterocycles. The molecule has 0 radical (unpaired) electrons. The molecule has 0 aliphatic carbocycles. The van der Waals surface area contributed by atoms with Gasteiger partial charge in [0, 0.05) is 28.3 Å². The summed E-state index contributed by atoms with van der Waals surface area (Å²) in [6, 6.07) is 5.17. The minimum absolute atomic E-state index is 0.204. The predicted molar refractivity (Wildman–Crippen MR) is 79.9 cm³/mol. The normalized spacial score (nSPS) is 23.1. The zero-order valence-corrected chi connectivity index (χ0v) is 13.0. The van der Waals surface area contributed by atoms with E-state index in [0.717, 1.165) is 5.56 Å². The minimum atomic E-state index is -0.254. The van der Waals surface area contributed by atoms with Crippen LogP contribution in [-0.4, -0.2) is 11.8 Å². The maximum Gasteiger partial charge on any atom is 0.230 e. The number of benzene rings is 1. The monoisotopic (exact) mass is 313 g/mol. The summed E-state index contributed by atoms with van der Waals surface area (Å²) in [6.07, 6.45) is 0.982. The van der Waals surface area contributed by atoms with Crippen LogP contribution in [0.25, 0.3) is 0 Å². The topological polar surface area (TPSA) is 46.2 Å². The van der Waals surface area contributed by atoms with Crippen LogP contribution < -0.4 is 5.32 Å². The fourth-order valence-corrected chi connectivity index (χ4v) is 3.15. The summed E-state index contributed by atoms with van der Waals surface area (Å²) >= 11 is 12.2. The number of rotatable bonds is 3. The van der Waals surface area contributed by atoms with Gasteiger partial charge in [0.25, 0.3) is 0 Å². The van der Waals surface area contributed by atoms with Crippen molar-refractivity contribution in [1.82, 2.24) is 5.32 Å². The van der Waals surface area contributed by atoms with Gasteiger partial charge in [-0.2, -0.15) is 0 Å². The molecule has 2 rings (SSSR count). The molecule has 0 bridgehead atoms. The highest BCUT2D eigenvalue weighted by Crippen LogP contribution is 2.39. The van der Waals surface area contributed by atoms with Crippen LogP contribution in [0.2, 0.25) is 10.0 Å². The van der Waals surface area contributed by atoms with E-state index in [1.54, 1.807) is 18.2 Å². The van der Waals surface area contributed by atoms with E-state index < -0.39 is 0 Å². The molecule has 108 valence electrons. The molecular weight excluding hydrogens is 297 g/mol. The first-order valence-electron chi connectivity index (χ1n) is 6.67. The lowest BCUT2D eigenvalue weighted by atomic mass is 9.76. The van der Waals surface area contributed by atoms with Gasteiger partial charge in [-0.05, 0) is 36.1 Å². The Morgan fingerprint density at radius 1 is 1.30 bits per heavy atom. The quantitative estimate of drug-likeness (QED) is 0.863. The molecule has 2 unspecified atom stereocenters. The lowest BCUT2D eigenvalue weighted by Gasteiger charge is -2.32. The smallest absolute Gasteiger partial charge is 0.230 e. The first-order valence-corrected chi connectivity index (χ1v) is 7.42. The standard InChI is InChI=1S/C15H17Cl2NO2/c1-8(2)5-12-10(7-14(19)18-15(12)20)11-6-9(16)3-4-13(11)17/h3-4,6,8,10,12H,5,7H2,1-2H3,(H,18,19,20). The summed E-state index contributed by atoms with van der Waals surface area (Å²) in [5.74, 6) is -0.556.